The van der Waals surface area contributed by atoms with E-state index in [2.05, 4.69) is 15.5 Å². The Balaban J connectivity index is 1.82. The van der Waals surface area contributed by atoms with Crippen molar-refractivity contribution in [3.05, 3.63) is 63.8 Å². The molecule has 0 bridgehead atoms. The van der Waals surface area contributed by atoms with Crippen LogP contribution in [0.25, 0.3) is 0 Å². The quantitative estimate of drug-likeness (QED) is 0.731. The van der Waals surface area contributed by atoms with Gasteiger partial charge in [-0.2, -0.15) is 0 Å². The van der Waals surface area contributed by atoms with Gasteiger partial charge in [-0.3, -0.25) is 9.69 Å². The molecule has 0 aliphatic heterocycles. The Kier molecular flexibility index (Phi) is 5.25. The van der Waals surface area contributed by atoms with E-state index in [0.29, 0.717) is 18.1 Å². The predicted molar refractivity (Wildman–Crippen MR) is 97.4 cm³/mol. The van der Waals surface area contributed by atoms with Crippen LogP contribution < -0.4 is 5.32 Å². The van der Waals surface area contributed by atoms with Crippen molar-refractivity contribution < 1.29 is 9.32 Å². The molecule has 1 atom stereocenters. The number of thiazole rings is 1. The first-order valence-electron chi connectivity index (χ1n) is 7.93. The number of aromatic nitrogens is 2. The fourth-order valence-electron chi connectivity index (χ4n) is 2.68. The van der Waals surface area contributed by atoms with Gasteiger partial charge in [-0.15, -0.1) is 11.3 Å². The van der Waals surface area contributed by atoms with Gasteiger partial charge in [0.25, 0.3) is 0 Å². The van der Waals surface area contributed by atoms with Crippen LogP contribution in [-0.2, 0) is 11.3 Å². The third kappa shape index (κ3) is 4.32. The van der Waals surface area contributed by atoms with Crippen LogP contribution in [0.2, 0.25) is 0 Å². The molecular formula is C18H20N4O2S. The van der Waals surface area contributed by atoms with E-state index in [1.165, 1.54) is 0 Å². The van der Waals surface area contributed by atoms with Crippen molar-refractivity contribution in [1.29, 1.82) is 0 Å². The molecule has 0 aliphatic carbocycles. The van der Waals surface area contributed by atoms with Gasteiger partial charge in [0.2, 0.25) is 5.91 Å². The fourth-order valence-corrected chi connectivity index (χ4v) is 3.54. The van der Waals surface area contributed by atoms with E-state index in [0.717, 1.165) is 15.4 Å². The average molecular weight is 356 g/mol. The number of anilines is 1. The molecule has 0 spiro atoms. The largest absolute Gasteiger partial charge is 0.360 e. The first-order valence-corrected chi connectivity index (χ1v) is 8.75. The van der Waals surface area contributed by atoms with Gasteiger partial charge in [0.1, 0.15) is 11.8 Å². The van der Waals surface area contributed by atoms with Gasteiger partial charge < -0.3 is 9.84 Å². The third-order valence-corrected chi connectivity index (χ3v) is 4.66. The smallest absolute Gasteiger partial charge is 0.247 e. The molecule has 0 aliphatic rings. The fraction of sp³-hybridized carbons (Fsp3) is 0.278. The highest BCUT2D eigenvalue weighted by molar-refractivity contribution is 7.11. The van der Waals surface area contributed by atoms with Crippen molar-refractivity contribution >= 4 is 23.1 Å². The highest BCUT2D eigenvalue weighted by atomic mass is 32.1. The van der Waals surface area contributed by atoms with E-state index in [1.54, 1.807) is 24.3 Å². The zero-order valence-electron chi connectivity index (χ0n) is 14.4. The molecule has 1 unspecified atom stereocenters. The van der Waals surface area contributed by atoms with Crippen LogP contribution in [0, 0.1) is 13.8 Å². The normalized spacial score (nSPS) is 12.3. The van der Waals surface area contributed by atoms with Crippen molar-refractivity contribution in [2.24, 2.45) is 0 Å². The number of hydrogen-bond donors (Lipinski definition) is 1. The molecule has 1 amide bonds. The van der Waals surface area contributed by atoms with E-state index in [1.807, 2.05) is 55.4 Å². The monoisotopic (exact) mass is 356 g/mol. The van der Waals surface area contributed by atoms with Crippen molar-refractivity contribution in [3.8, 4) is 0 Å². The molecule has 0 saturated heterocycles. The highest BCUT2D eigenvalue weighted by Crippen LogP contribution is 2.25. The summed E-state index contributed by atoms with van der Waals surface area (Å²) in [6.07, 6.45) is 1.86. The topological polar surface area (TPSA) is 71.3 Å². The molecule has 3 rings (SSSR count). The SMILES string of the molecule is Cc1cc(NC(=O)C(c2ccccc2)N(C)Cc2cnc(C)s2)no1. The summed E-state index contributed by atoms with van der Waals surface area (Å²) in [5.74, 6) is 0.925. The van der Waals surface area contributed by atoms with Gasteiger partial charge >= 0.3 is 0 Å². The Morgan fingerprint density at radius 1 is 1.32 bits per heavy atom. The number of hydrogen-bond acceptors (Lipinski definition) is 6. The summed E-state index contributed by atoms with van der Waals surface area (Å²) in [6.45, 7) is 4.40. The predicted octanol–water partition coefficient (Wildman–Crippen LogP) is 3.56. The molecule has 7 heteroatoms. The summed E-state index contributed by atoms with van der Waals surface area (Å²) >= 11 is 1.64. The first kappa shape index (κ1) is 17.3. The van der Waals surface area contributed by atoms with Gasteiger partial charge in [-0.05, 0) is 26.5 Å². The Labute approximate surface area is 150 Å². The van der Waals surface area contributed by atoms with Crippen molar-refractivity contribution in [2.45, 2.75) is 26.4 Å². The number of nitrogens with one attached hydrogen (secondary N) is 1. The Bertz CT molecular complexity index is 844. The van der Waals surface area contributed by atoms with Gasteiger partial charge in [0, 0.05) is 23.7 Å². The van der Waals surface area contributed by atoms with Crippen LogP contribution in [0.15, 0.2) is 47.1 Å². The molecule has 0 saturated carbocycles. The lowest BCUT2D eigenvalue weighted by Gasteiger charge is -2.26. The molecule has 25 heavy (non-hydrogen) atoms. The number of aryl methyl sites for hydroxylation is 2. The second kappa shape index (κ2) is 7.58. The van der Waals surface area contributed by atoms with Gasteiger partial charge in [0.15, 0.2) is 5.82 Å². The summed E-state index contributed by atoms with van der Waals surface area (Å²) in [4.78, 5) is 20.3. The lowest BCUT2D eigenvalue weighted by molar-refractivity contribution is -0.121. The molecule has 2 aromatic heterocycles. The number of likely N-dealkylation sites (N-methyl/N-ethyl adjacent to an activating group) is 1. The maximum absolute atomic E-state index is 12.9. The Morgan fingerprint density at radius 2 is 2.08 bits per heavy atom. The summed E-state index contributed by atoms with van der Waals surface area (Å²) in [6, 6.07) is 11.0. The van der Waals surface area contributed by atoms with Crippen LogP contribution in [0.4, 0.5) is 5.82 Å². The van der Waals surface area contributed by atoms with E-state index >= 15 is 0 Å². The van der Waals surface area contributed by atoms with E-state index in [9.17, 15) is 4.79 Å². The molecule has 2 heterocycles. The molecule has 0 radical (unpaired) electrons. The molecule has 1 N–H and O–H groups in total. The van der Waals surface area contributed by atoms with E-state index in [4.69, 9.17) is 4.52 Å². The average Bonchev–Trinajstić information content (AvgIpc) is 3.17. The minimum absolute atomic E-state index is 0.150. The van der Waals surface area contributed by atoms with E-state index in [-0.39, 0.29) is 5.91 Å². The number of carbonyl (C=O) groups excluding carboxylic acids is 1. The zero-order chi connectivity index (χ0) is 17.8. The summed E-state index contributed by atoms with van der Waals surface area (Å²) in [5.41, 5.74) is 0.920. The van der Waals surface area contributed by atoms with Crippen LogP contribution in [0.3, 0.4) is 0 Å². The zero-order valence-corrected chi connectivity index (χ0v) is 15.2. The number of nitrogens with zero attached hydrogens (tertiary/aromatic N) is 3. The summed E-state index contributed by atoms with van der Waals surface area (Å²) in [7, 11) is 1.93. The minimum Gasteiger partial charge on any atom is -0.360 e. The molecule has 1 aromatic carbocycles. The molecule has 3 aromatic rings. The Morgan fingerprint density at radius 3 is 2.68 bits per heavy atom. The highest BCUT2D eigenvalue weighted by Gasteiger charge is 2.26. The lowest BCUT2D eigenvalue weighted by atomic mass is 10.0. The van der Waals surface area contributed by atoms with Crippen molar-refractivity contribution in [1.82, 2.24) is 15.0 Å². The van der Waals surface area contributed by atoms with Crippen LogP contribution in [0.5, 0.6) is 0 Å². The second-order valence-corrected chi connectivity index (χ2v) is 7.21. The molecular weight excluding hydrogens is 336 g/mol. The number of carbonyl (C=O) groups is 1. The van der Waals surface area contributed by atoms with E-state index < -0.39 is 6.04 Å². The summed E-state index contributed by atoms with van der Waals surface area (Å²) < 4.78 is 5.02. The van der Waals surface area contributed by atoms with Crippen molar-refractivity contribution in [2.75, 3.05) is 12.4 Å². The minimum atomic E-state index is -0.444. The summed E-state index contributed by atoms with van der Waals surface area (Å²) in [5, 5.41) is 7.70. The van der Waals surface area contributed by atoms with Gasteiger partial charge in [-0.25, -0.2) is 4.98 Å². The number of rotatable bonds is 6. The maximum atomic E-state index is 12.9. The number of amides is 1. The maximum Gasteiger partial charge on any atom is 0.247 e. The first-order chi connectivity index (χ1) is 12.0. The lowest BCUT2D eigenvalue weighted by Crippen LogP contribution is -2.34. The number of benzene rings is 1. The molecule has 0 fully saturated rings. The van der Waals surface area contributed by atoms with Gasteiger partial charge in [0.05, 0.1) is 5.01 Å². The van der Waals surface area contributed by atoms with Crippen LogP contribution >= 0.6 is 11.3 Å². The van der Waals surface area contributed by atoms with Crippen molar-refractivity contribution in [3.63, 3.8) is 0 Å². The standard InChI is InChI=1S/C18H20N4O2S/c1-12-9-16(21-24-12)20-18(23)17(14-7-5-4-6-8-14)22(3)11-15-10-19-13(2)25-15/h4-10,17H,11H2,1-3H3,(H,20,21,23). The third-order valence-electron chi connectivity index (χ3n) is 3.76. The van der Waals surface area contributed by atoms with Crippen LogP contribution in [-0.4, -0.2) is 28.0 Å². The van der Waals surface area contributed by atoms with Crippen LogP contribution in [0.1, 0.15) is 27.3 Å². The molecule has 130 valence electrons. The molecule has 6 nitrogen and oxygen atoms in total. The van der Waals surface area contributed by atoms with Gasteiger partial charge in [-0.1, -0.05) is 35.5 Å². The Hall–Kier alpha value is -2.51. The second-order valence-electron chi connectivity index (χ2n) is 5.89.